The van der Waals surface area contributed by atoms with Gasteiger partial charge in [-0.05, 0) is 44.7 Å². The minimum Gasteiger partial charge on any atom is -0.380 e. The van der Waals surface area contributed by atoms with Crippen LogP contribution in [0.4, 0.5) is 0 Å². The smallest absolute Gasteiger partial charge is 0.0724 e. The summed E-state index contributed by atoms with van der Waals surface area (Å²) in [5.41, 5.74) is 6.56. The Kier molecular flexibility index (Phi) is 4.45. The average molecular weight is 240 g/mol. The molecule has 100 valence electrons. The van der Waals surface area contributed by atoms with E-state index in [0.717, 1.165) is 19.5 Å². The third-order valence-electron chi connectivity index (χ3n) is 4.80. The second-order valence-corrected chi connectivity index (χ2v) is 6.16. The van der Waals surface area contributed by atoms with Gasteiger partial charge in [0.05, 0.1) is 6.10 Å². The molecule has 1 heterocycles. The Morgan fingerprint density at radius 2 is 2.06 bits per heavy atom. The molecule has 1 aliphatic carbocycles. The fourth-order valence-electron chi connectivity index (χ4n) is 3.32. The highest BCUT2D eigenvalue weighted by Crippen LogP contribution is 2.30. The zero-order valence-electron chi connectivity index (χ0n) is 11.5. The molecule has 17 heavy (non-hydrogen) atoms. The summed E-state index contributed by atoms with van der Waals surface area (Å²) in [5, 5.41) is 0. The number of methoxy groups -OCH3 is 1. The van der Waals surface area contributed by atoms with Crippen molar-refractivity contribution in [3.63, 3.8) is 0 Å². The Labute approximate surface area is 106 Å². The first-order valence-corrected chi connectivity index (χ1v) is 7.17. The molecule has 1 saturated carbocycles. The Morgan fingerprint density at radius 3 is 2.71 bits per heavy atom. The summed E-state index contributed by atoms with van der Waals surface area (Å²) < 4.78 is 5.56. The number of hydrogen-bond acceptors (Lipinski definition) is 3. The first-order chi connectivity index (χ1) is 8.13. The van der Waals surface area contributed by atoms with Gasteiger partial charge in [0.15, 0.2) is 0 Å². The summed E-state index contributed by atoms with van der Waals surface area (Å²) in [7, 11) is 1.84. The second kappa shape index (κ2) is 5.68. The van der Waals surface area contributed by atoms with Crippen LogP contribution in [0.2, 0.25) is 0 Å². The number of likely N-dealkylation sites (tertiary alicyclic amines) is 1. The van der Waals surface area contributed by atoms with Crippen LogP contribution in [0.1, 0.15) is 45.4 Å². The summed E-state index contributed by atoms with van der Waals surface area (Å²) >= 11 is 0. The molecule has 0 aromatic rings. The second-order valence-electron chi connectivity index (χ2n) is 6.16. The molecule has 0 spiro atoms. The van der Waals surface area contributed by atoms with E-state index in [2.05, 4.69) is 11.8 Å². The maximum atomic E-state index is 6.41. The van der Waals surface area contributed by atoms with Gasteiger partial charge in [0.2, 0.25) is 0 Å². The van der Waals surface area contributed by atoms with Crippen molar-refractivity contribution in [2.45, 2.75) is 57.1 Å². The van der Waals surface area contributed by atoms with Gasteiger partial charge in [0.1, 0.15) is 0 Å². The van der Waals surface area contributed by atoms with Crippen molar-refractivity contribution in [2.75, 3.05) is 26.7 Å². The van der Waals surface area contributed by atoms with Crippen LogP contribution in [0.25, 0.3) is 0 Å². The lowest BCUT2D eigenvalue weighted by molar-refractivity contribution is -0.00667. The molecule has 1 aliphatic heterocycles. The fourth-order valence-corrected chi connectivity index (χ4v) is 3.32. The minimum absolute atomic E-state index is 0.144. The van der Waals surface area contributed by atoms with Gasteiger partial charge >= 0.3 is 0 Å². The van der Waals surface area contributed by atoms with E-state index in [1.54, 1.807) is 0 Å². The van der Waals surface area contributed by atoms with E-state index in [0.29, 0.717) is 12.0 Å². The third-order valence-corrected chi connectivity index (χ3v) is 4.80. The van der Waals surface area contributed by atoms with Gasteiger partial charge in [-0.3, -0.25) is 0 Å². The molecule has 0 aromatic heterocycles. The highest BCUT2D eigenvalue weighted by Gasteiger charge is 2.31. The number of hydrogen-bond donors (Lipinski definition) is 1. The van der Waals surface area contributed by atoms with Crippen LogP contribution in [0, 0.1) is 5.92 Å². The predicted molar refractivity (Wildman–Crippen MR) is 71.0 cm³/mol. The van der Waals surface area contributed by atoms with E-state index in [9.17, 15) is 0 Å². The molecule has 2 unspecified atom stereocenters. The molecule has 1 saturated heterocycles. The van der Waals surface area contributed by atoms with Gasteiger partial charge in [-0.25, -0.2) is 0 Å². The average Bonchev–Trinajstić information content (AvgIpc) is 2.76. The molecule has 0 aromatic carbocycles. The Morgan fingerprint density at radius 1 is 1.35 bits per heavy atom. The molecule has 3 heteroatoms. The Hall–Kier alpha value is -0.120. The normalized spacial score (nSPS) is 34.1. The maximum Gasteiger partial charge on any atom is 0.0724 e. The Balaban J connectivity index is 1.76. The van der Waals surface area contributed by atoms with E-state index in [1.165, 1.54) is 38.6 Å². The van der Waals surface area contributed by atoms with Gasteiger partial charge in [0, 0.05) is 19.2 Å². The maximum absolute atomic E-state index is 6.41. The lowest BCUT2D eigenvalue weighted by atomic mass is 9.92. The van der Waals surface area contributed by atoms with E-state index in [-0.39, 0.29) is 5.54 Å². The van der Waals surface area contributed by atoms with Gasteiger partial charge in [-0.2, -0.15) is 0 Å². The van der Waals surface area contributed by atoms with Gasteiger partial charge < -0.3 is 15.4 Å². The number of rotatable bonds is 4. The minimum atomic E-state index is 0.144. The standard InChI is InChI=1S/C14H28N2O/c1-12-5-9-16(11-13(12)17-2)10-8-14(15)6-3-4-7-14/h12-13H,3-11,15H2,1-2H3. The summed E-state index contributed by atoms with van der Waals surface area (Å²) in [5.74, 6) is 0.703. The zero-order chi connectivity index (χ0) is 12.3. The molecule has 2 aliphatic rings. The molecule has 2 atom stereocenters. The van der Waals surface area contributed by atoms with Gasteiger partial charge in [0.25, 0.3) is 0 Å². The molecule has 0 radical (unpaired) electrons. The van der Waals surface area contributed by atoms with Gasteiger partial charge in [-0.15, -0.1) is 0 Å². The van der Waals surface area contributed by atoms with E-state index >= 15 is 0 Å². The van der Waals surface area contributed by atoms with Crippen LogP contribution in [0.5, 0.6) is 0 Å². The van der Waals surface area contributed by atoms with Crippen LogP contribution >= 0.6 is 0 Å². The number of ether oxygens (including phenoxy) is 1. The highest BCUT2D eigenvalue weighted by molar-refractivity contribution is 4.90. The molecule has 3 nitrogen and oxygen atoms in total. The third kappa shape index (κ3) is 3.43. The lowest BCUT2D eigenvalue weighted by Gasteiger charge is -2.37. The molecule has 0 amide bonds. The Bertz CT molecular complexity index is 238. The van der Waals surface area contributed by atoms with Crippen molar-refractivity contribution < 1.29 is 4.74 Å². The van der Waals surface area contributed by atoms with Crippen molar-refractivity contribution in [3.8, 4) is 0 Å². The van der Waals surface area contributed by atoms with Crippen LogP contribution in [-0.2, 0) is 4.74 Å². The fraction of sp³-hybridized carbons (Fsp3) is 1.00. The van der Waals surface area contributed by atoms with Crippen molar-refractivity contribution in [2.24, 2.45) is 11.7 Å². The summed E-state index contributed by atoms with van der Waals surface area (Å²) in [6.07, 6.45) is 7.95. The summed E-state index contributed by atoms with van der Waals surface area (Å²) in [6, 6.07) is 0. The first kappa shape index (κ1) is 13.3. The van der Waals surface area contributed by atoms with E-state index in [1.807, 2.05) is 7.11 Å². The quantitative estimate of drug-likeness (QED) is 0.817. The lowest BCUT2D eigenvalue weighted by Crippen LogP contribution is -2.47. The molecule has 2 rings (SSSR count). The monoisotopic (exact) mass is 240 g/mol. The van der Waals surface area contributed by atoms with Crippen molar-refractivity contribution in [1.82, 2.24) is 4.90 Å². The predicted octanol–water partition coefficient (Wildman–Crippen LogP) is 2.00. The van der Waals surface area contributed by atoms with Crippen LogP contribution in [-0.4, -0.2) is 43.3 Å². The molecule has 2 N–H and O–H groups in total. The topological polar surface area (TPSA) is 38.5 Å². The van der Waals surface area contributed by atoms with Crippen LogP contribution in [0.3, 0.4) is 0 Å². The van der Waals surface area contributed by atoms with Gasteiger partial charge in [-0.1, -0.05) is 19.8 Å². The molecular weight excluding hydrogens is 212 g/mol. The van der Waals surface area contributed by atoms with Crippen molar-refractivity contribution >= 4 is 0 Å². The zero-order valence-corrected chi connectivity index (χ0v) is 11.5. The van der Waals surface area contributed by atoms with Crippen molar-refractivity contribution in [3.05, 3.63) is 0 Å². The summed E-state index contributed by atoms with van der Waals surface area (Å²) in [4.78, 5) is 2.54. The highest BCUT2D eigenvalue weighted by atomic mass is 16.5. The molecule has 2 fully saturated rings. The first-order valence-electron chi connectivity index (χ1n) is 7.17. The van der Waals surface area contributed by atoms with Crippen LogP contribution < -0.4 is 5.73 Å². The SMILES string of the molecule is COC1CN(CCC2(N)CCCC2)CCC1C. The van der Waals surface area contributed by atoms with E-state index < -0.39 is 0 Å². The van der Waals surface area contributed by atoms with Crippen molar-refractivity contribution in [1.29, 1.82) is 0 Å². The summed E-state index contributed by atoms with van der Waals surface area (Å²) in [6.45, 7) is 5.76. The van der Waals surface area contributed by atoms with Crippen LogP contribution in [0.15, 0.2) is 0 Å². The molecule has 0 bridgehead atoms. The number of piperidine rings is 1. The molecular formula is C14H28N2O. The number of nitrogens with two attached hydrogens (primary N) is 1. The number of nitrogens with zero attached hydrogens (tertiary/aromatic N) is 1. The van der Waals surface area contributed by atoms with E-state index in [4.69, 9.17) is 10.5 Å². The largest absolute Gasteiger partial charge is 0.380 e.